The molecule has 0 spiro atoms. The van der Waals surface area contributed by atoms with Crippen molar-refractivity contribution in [3.8, 4) is 5.75 Å². The average molecular weight is 465 g/mol. The summed E-state index contributed by atoms with van der Waals surface area (Å²) in [5, 5.41) is 2.89. The molecule has 0 radical (unpaired) electrons. The Hall–Kier alpha value is -3.55. The summed E-state index contributed by atoms with van der Waals surface area (Å²) in [7, 11) is 1.52. The number of nitrogens with zero attached hydrogens (tertiary/aromatic N) is 1. The summed E-state index contributed by atoms with van der Waals surface area (Å²) in [6.45, 7) is 0. The summed E-state index contributed by atoms with van der Waals surface area (Å²) in [6.07, 6.45) is 1.47. The number of amides is 4. The van der Waals surface area contributed by atoms with E-state index in [0.717, 1.165) is 14.7 Å². The zero-order chi connectivity index (χ0) is 22.7. The molecule has 0 atom stereocenters. The van der Waals surface area contributed by atoms with Gasteiger partial charge in [0.1, 0.15) is 11.3 Å². The molecular formula is C24H17ClN2O4S. The lowest BCUT2D eigenvalue weighted by molar-refractivity contribution is -0.122. The number of benzene rings is 3. The van der Waals surface area contributed by atoms with Gasteiger partial charge in [-0.05, 0) is 72.3 Å². The number of rotatable bonds is 5. The van der Waals surface area contributed by atoms with Crippen molar-refractivity contribution in [1.82, 2.24) is 5.32 Å². The van der Waals surface area contributed by atoms with Crippen LogP contribution in [0.1, 0.15) is 5.56 Å². The van der Waals surface area contributed by atoms with Gasteiger partial charge in [-0.1, -0.05) is 35.5 Å². The van der Waals surface area contributed by atoms with Gasteiger partial charge in [0.15, 0.2) is 0 Å². The molecule has 32 heavy (non-hydrogen) atoms. The molecule has 4 amide bonds. The van der Waals surface area contributed by atoms with Gasteiger partial charge in [0.05, 0.1) is 12.8 Å². The predicted molar refractivity (Wildman–Crippen MR) is 124 cm³/mol. The van der Waals surface area contributed by atoms with Crippen LogP contribution in [0.15, 0.2) is 88.2 Å². The van der Waals surface area contributed by atoms with E-state index in [-0.39, 0.29) is 5.57 Å². The van der Waals surface area contributed by atoms with E-state index in [4.69, 9.17) is 16.3 Å². The Bertz CT molecular complexity index is 1210. The fraction of sp³-hybridized carbons (Fsp3) is 0.0417. The Morgan fingerprint density at radius 1 is 0.875 bits per heavy atom. The number of hydrogen-bond acceptors (Lipinski definition) is 5. The molecule has 1 fully saturated rings. The van der Waals surface area contributed by atoms with Gasteiger partial charge in [0.2, 0.25) is 0 Å². The molecule has 1 N–H and O–H groups in total. The minimum atomic E-state index is -0.794. The summed E-state index contributed by atoms with van der Waals surface area (Å²) >= 11 is 7.48. The summed E-state index contributed by atoms with van der Waals surface area (Å²) in [5.41, 5.74) is 0.868. The van der Waals surface area contributed by atoms with Gasteiger partial charge in [-0.3, -0.25) is 14.9 Å². The number of anilines is 1. The molecule has 160 valence electrons. The zero-order valence-corrected chi connectivity index (χ0v) is 18.4. The standard InChI is InChI=1S/C24H17ClN2O4S/c1-31-18-8-6-17(7-9-18)27-23(29)21(22(28)26-24(27)30)14-15-2-10-19(11-3-15)32-20-12-4-16(25)5-13-20/h2-14H,1H3,(H,26,28,30). The summed E-state index contributed by atoms with van der Waals surface area (Å²) < 4.78 is 5.10. The van der Waals surface area contributed by atoms with Crippen LogP contribution in [0.2, 0.25) is 5.02 Å². The Morgan fingerprint density at radius 3 is 2.06 bits per heavy atom. The normalized spacial score (nSPS) is 15.1. The first-order chi connectivity index (χ1) is 15.4. The van der Waals surface area contributed by atoms with Crippen LogP contribution in [-0.2, 0) is 9.59 Å². The molecule has 1 heterocycles. The molecule has 3 aromatic rings. The maximum absolute atomic E-state index is 13.0. The number of imide groups is 2. The lowest BCUT2D eigenvalue weighted by Gasteiger charge is -2.26. The summed E-state index contributed by atoms with van der Waals surface area (Å²) in [6, 6.07) is 20.5. The van der Waals surface area contributed by atoms with E-state index in [1.54, 1.807) is 48.2 Å². The largest absolute Gasteiger partial charge is 0.497 e. The Kier molecular flexibility index (Phi) is 6.30. The minimum absolute atomic E-state index is 0.126. The van der Waals surface area contributed by atoms with Gasteiger partial charge >= 0.3 is 6.03 Å². The van der Waals surface area contributed by atoms with Crippen LogP contribution >= 0.6 is 23.4 Å². The third-order valence-electron chi connectivity index (χ3n) is 4.67. The fourth-order valence-corrected chi connectivity index (χ4v) is 4.00. The number of ether oxygens (including phenoxy) is 1. The Morgan fingerprint density at radius 2 is 1.47 bits per heavy atom. The van der Waals surface area contributed by atoms with Crippen LogP contribution in [0.4, 0.5) is 10.5 Å². The van der Waals surface area contributed by atoms with Gasteiger partial charge in [0.25, 0.3) is 11.8 Å². The van der Waals surface area contributed by atoms with E-state index in [1.807, 2.05) is 36.4 Å². The minimum Gasteiger partial charge on any atom is -0.497 e. The molecule has 0 aromatic heterocycles. The summed E-state index contributed by atoms with van der Waals surface area (Å²) in [4.78, 5) is 40.6. The van der Waals surface area contributed by atoms with Crippen LogP contribution < -0.4 is 15.0 Å². The second-order valence-corrected chi connectivity index (χ2v) is 8.36. The molecule has 8 heteroatoms. The highest BCUT2D eigenvalue weighted by Gasteiger charge is 2.36. The number of halogens is 1. The lowest BCUT2D eigenvalue weighted by Crippen LogP contribution is -2.54. The predicted octanol–water partition coefficient (Wildman–Crippen LogP) is 5.17. The molecular weight excluding hydrogens is 448 g/mol. The second kappa shape index (κ2) is 9.30. The van der Waals surface area contributed by atoms with E-state index < -0.39 is 17.8 Å². The van der Waals surface area contributed by atoms with Gasteiger partial charge in [-0.25, -0.2) is 9.69 Å². The molecule has 1 saturated heterocycles. The second-order valence-electron chi connectivity index (χ2n) is 6.78. The first kappa shape index (κ1) is 21.7. The van der Waals surface area contributed by atoms with E-state index >= 15 is 0 Å². The molecule has 0 saturated carbocycles. The van der Waals surface area contributed by atoms with Crippen LogP contribution in [0.5, 0.6) is 5.75 Å². The first-order valence-electron chi connectivity index (χ1n) is 9.53. The quantitative estimate of drug-likeness (QED) is 0.416. The third-order valence-corrected chi connectivity index (χ3v) is 5.94. The highest BCUT2D eigenvalue weighted by Crippen LogP contribution is 2.29. The molecule has 1 aliphatic rings. The maximum atomic E-state index is 13.0. The van der Waals surface area contributed by atoms with Crippen LogP contribution in [0.25, 0.3) is 6.08 Å². The van der Waals surface area contributed by atoms with Gasteiger partial charge in [-0.15, -0.1) is 0 Å². The van der Waals surface area contributed by atoms with Crippen molar-refractivity contribution in [1.29, 1.82) is 0 Å². The summed E-state index contributed by atoms with van der Waals surface area (Å²) in [5.74, 6) is -0.838. The van der Waals surface area contributed by atoms with E-state index in [0.29, 0.717) is 22.0 Å². The Balaban J connectivity index is 1.56. The maximum Gasteiger partial charge on any atom is 0.335 e. The van der Waals surface area contributed by atoms with Crippen LogP contribution in [-0.4, -0.2) is 25.0 Å². The van der Waals surface area contributed by atoms with Gasteiger partial charge < -0.3 is 4.74 Å². The van der Waals surface area contributed by atoms with Crippen molar-refractivity contribution < 1.29 is 19.1 Å². The van der Waals surface area contributed by atoms with E-state index in [2.05, 4.69) is 5.32 Å². The number of carbonyl (C=O) groups is 3. The monoisotopic (exact) mass is 464 g/mol. The number of carbonyl (C=O) groups excluding carboxylic acids is 3. The highest BCUT2D eigenvalue weighted by atomic mass is 35.5. The number of barbiturate groups is 1. The van der Waals surface area contributed by atoms with Crippen molar-refractivity contribution in [2.75, 3.05) is 12.0 Å². The van der Waals surface area contributed by atoms with Crippen LogP contribution in [0.3, 0.4) is 0 Å². The molecule has 1 aliphatic heterocycles. The molecule has 0 aliphatic carbocycles. The molecule has 0 bridgehead atoms. The smallest absolute Gasteiger partial charge is 0.335 e. The van der Waals surface area contributed by atoms with Gasteiger partial charge in [-0.2, -0.15) is 0 Å². The fourth-order valence-electron chi connectivity index (χ4n) is 3.06. The van der Waals surface area contributed by atoms with Crippen molar-refractivity contribution in [2.45, 2.75) is 9.79 Å². The third kappa shape index (κ3) is 4.69. The molecule has 6 nitrogen and oxygen atoms in total. The average Bonchev–Trinajstić information content (AvgIpc) is 2.79. The highest BCUT2D eigenvalue weighted by molar-refractivity contribution is 7.99. The number of methoxy groups -OCH3 is 1. The van der Waals surface area contributed by atoms with Crippen molar-refractivity contribution >= 4 is 53.0 Å². The SMILES string of the molecule is COc1ccc(N2C(=O)NC(=O)C(=Cc3ccc(Sc4ccc(Cl)cc4)cc3)C2=O)cc1. The van der Waals surface area contributed by atoms with Crippen molar-refractivity contribution in [2.24, 2.45) is 0 Å². The molecule has 4 rings (SSSR count). The topological polar surface area (TPSA) is 75.7 Å². The molecule has 0 unspecified atom stereocenters. The van der Waals surface area contributed by atoms with Crippen molar-refractivity contribution in [3.05, 3.63) is 89.0 Å². The van der Waals surface area contributed by atoms with Crippen molar-refractivity contribution in [3.63, 3.8) is 0 Å². The zero-order valence-electron chi connectivity index (χ0n) is 16.9. The van der Waals surface area contributed by atoms with E-state index in [1.165, 1.54) is 13.2 Å². The number of nitrogens with one attached hydrogen (secondary N) is 1. The number of hydrogen-bond donors (Lipinski definition) is 1. The Labute approximate surface area is 193 Å². The van der Waals surface area contributed by atoms with E-state index in [9.17, 15) is 14.4 Å². The molecule has 3 aromatic carbocycles. The lowest BCUT2D eigenvalue weighted by atomic mass is 10.1. The number of urea groups is 1. The first-order valence-corrected chi connectivity index (χ1v) is 10.7. The van der Waals surface area contributed by atoms with Crippen LogP contribution in [0, 0.1) is 0 Å². The van der Waals surface area contributed by atoms with Gasteiger partial charge in [0, 0.05) is 14.8 Å².